The molecule has 0 fully saturated rings. The van der Waals surface area contributed by atoms with E-state index in [-0.39, 0.29) is 0 Å². The highest BCUT2D eigenvalue weighted by atomic mass is 28.3. The summed E-state index contributed by atoms with van der Waals surface area (Å²) in [7, 11) is -1.54. The molecule has 0 amide bonds. The molecule has 0 heterocycles. The number of benzene rings is 2. The first-order valence-electron chi connectivity index (χ1n) is 12.7. The van der Waals surface area contributed by atoms with Gasteiger partial charge in [0.15, 0.2) is 0 Å². The summed E-state index contributed by atoms with van der Waals surface area (Å²) in [6.45, 7) is 10.7. The molecule has 2 aromatic rings. The maximum atomic E-state index is 2.76. The Bertz CT molecular complexity index is 1010. The molecule has 0 aromatic heterocycles. The number of hydrogen-bond acceptors (Lipinski definition) is 0. The Kier molecular flexibility index (Phi) is 4.40. The maximum Gasteiger partial charge on any atom is 0.0634 e. The minimum atomic E-state index is -1.54. The van der Waals surface area contributed by atoms with Crippen molar-refractivity contribution in [2.24, 2.45) is 11.8 Å². The molecule has 30 heavy (non-hydrogen) atoms. The molecule has 4 aliphatic carbocycles. The number of fused-ring (bicyclic) bond motifs is 5. The van der Waals surface area contributed by atoms with Crippen LogP contribution in [-0.2, 0) is 38.5 Å². The molecular formula is C29H38Si. The quantitative estimate of drug-likeness (QED) is 0.460. The van der Waals surface area contributed by atoms with E-state index in [2.05, 4.69) is 51.2 Å². The number of rotatable bonds is 2. The van der Waals surface area contributed by atoms with Crippen LogP contribution in [0.2, 0.25) is 13.1 Å². The molecule has 0 spiro atoms. The van der Waals surface area contributed by atoms with E-state index in [9.17, 15) is 0 Å². The number of hydrogen-bond donors (Lipinski definition) is 0. The molecule has 0 nitrogen and oxygen atoms in total. The van der Waals surface area contributed by atoms with E-state index >= 15 is 0 Å². The van der Waals surface area contributed by atoms with Crippen molar-refractivity contribution in [3.8, 4) is 0 Å². The second-order valence-corrected chi connectivity index (χ2v) is 16.7. The van der Waals surface area contributed by atoms with Gasteiger partial charge in [0.2, 0.25) is 0 Å². The zero-order valence-corrected chi connectivity index (χ0v) is 20.5. The third-order valence-electron chi connectivity index (χ3n) is 9.52. The maximum absolute atomic E-state index is 2.76. The van der Waals surface area contributed by atoms with Crippen LogP contribution >= 0.6 is 0 Å². The van der Waals surface area contributed by atoms with Gasteiger partial charge in [-0.15, -0.1) is 0 Å². The summed E-state index contributed by atoms with van der Waals surface area (Å²) in [4.78, 5) is 0. The first-order chi connectivity index (χ1) is 14.4. The van der Waals surface area contributed by atoms with E-state index in [0.717, 1.165) is 22.9 Å². The standard InChI is InChI=1S/C29H38Si/c1-18-14-23-16-21-9-7-10-22(21)17-26(23)29(18)30(3,4)28-19(2)15-27-24-11-6-5-8-20(24)12-13-25(27)28/h12-13,16-19,28-29H,5-11,14-15H2,1-4H3. The van der Waals surface area contributed by atoms with Crippen molar-refractivity contribution in [3.63, 3.8) is 0 Å². The smallest absolute Gasteiger partial charge is 0.0634 e. The third-order valence-corrected chi connectivity index (χ3v) is 14.5. The van der Waals surface area contributed by atoms with Crippen molar-refractivity contribution in [1.29, 1.82) is 0 Å². The molecule has 6 rings (SSSR count). The fourth-order valence-corrected chi connectivity index (χ4v) is 14.3. The van der Waals surface area contributed by atoms with E-state index < -0.39 is 8.07 Å². The molecule has 0 saturated heterocycles. The summed E-state index contributed by atoms with van der Waals surface area (Å²) in [6.07, 6.45) is 12.1. The van der Waals surface area contributed by atoms with Crippen LogP contribution in [0, 0.1) is 11.8 Å². The van der Waals surface area contributed by atoms with E-state index in [1.54, 1.807) is 44.5 Å². The van der Waals surface area contributed by atoms with Gasteiger partial charge in [0.25, 0.3) is 0 Å². The average molecular weight is 415 g/mol. The SMILES string of the molecule is CC1Cc2cc3c(cc2C1[Si](C)(C)C1c2ccc4c(c2CC1C)CCCC4)CCC3. The summed E-state index contributed by atoms with van der Waals surface area (Å²) in [5, 5.41) is 0. The van der Waals surface area contributed by atoms with Crippen LogP contribution in [0.25, 0.3) is 0 Å². The summed E-state index contributed by atoms with van der Waals surface area (Å²) >= 11 is 0. The summed E-state index contributed by atoms with van der Waals surface area (Å²) in [5.74, 6) is 1.64. The minimum Gasteiger partial charge on any atom is -0.0684 e. The Morgan fingerprint density at radius 3 is 2.13 bits per heavy atom. The molecule has 0 bridgehead atoms. The molecule has 0 saturated carbocycles. The molecule has 0 radical (unpaired) electrons. The van der Waals surface area contributed by atoms with Gasteiger partial charge in [-0.25, -0.2) is 0 Å². The molecule has 4 aliphatic rings. The summed E-state index contributed by atoms with van der Waals surface area (Å²) in [5.41, 5.74) is 15.5. The predicted octanol–water partition coefficient (Wildman–Crippen LogP) is 7.09. The molecule has 1 heteroatoms. The van der Waals surface area contributed by atoms with Crippen LogP contribution < -0.4 is 0 Å². The fourth-order valence-electron chi connectivity index (χ4n) is 8.59. The zero-order valence-electron chi connectivity index (χ0n) is 19.5. The summed E-state index contributed by atoms with van der Waals surface area (Å²) < 4.78 is 0. The number of aryl methyl sites for hydroxylation is 3. The predicted molar refractivity (Wildman–Crippen MR) is 130 cm³/mol. The molecule has 0 aliphatic heterocycles. The van der Waals surface area contributed by atoms with Crippen LogP contribution in [-0.4, -0.2) is 8.07 Å². The van der Waals surface area contributed by atoms with E-state index in [0.29, 0.717) is 0 Å². The van der Waals surface area contributed by atoms with Crippen LogP contribution in [0.4, 0.5) is 0 Å². The Labute approximate surface area is 184 Å². The van der Waals surface area contributed by atoms with Crippen LogP contribution in [0.5, 0.6) is 0 Å². The Hall–Kier alpha value is -1.34. The minimum absolute atomic E-state index is 0.818. The average Bonchev–Trinajstić information content (AvgIpc) is 3.39. The third kappa shape index (κ3) is 2.70. The van der Waals surface area contributed by atoms with Crippen LogP contribution in [0.3, 0.4) is 0 Å². The van der Waals surface area contributed by atoms with Gasteiger partial charge in [0.1, 0.15) is 0 Å². The highest BCUT2D eigenvalue weighted by Gasteiger charge is 2.51. The molecule has 4 unspecified atom stereocenters. The first kappa shape index (κ1) is 19.4. The van der Waals surface area contributed by atoms with Crippen LogP contribution in [0.15, 0.2) is 24.3 Å². The lowest BCUT2D eigenvalue weighted by Gasteiger charge is -2.41. The van der Waals surface area contributed by atoms with Gasteiger partial charge >= 0.3 is 0 Å². The van der Waals surface area contributed by atoms with Gasteiger partial charge in [-0.3, -0.25) is 0 Å². The lowest BCUT2D eigenvalue weighted by atomic mass is 9.86. The largest absolute Gasteiger partial charge is 0.0684 e. The monoisotopic (exact) mass is 414 g/mol. The van der Waals surface area contributed by atoms with Gasteiger partial charge in [-0.05, 0) is 125 Å². The molecule has 4 atom stereocenters. The van der Waals surface area contributed by atoms with E-state index in [1.807, 2.05) is 0 Å². The molecule has 158 valence electrons. The van der Waals surface area contributed by atoms with Crippen molar-refractivity contribution >= 4 is 8.07 Å². The highest BCUT2D eigenvalue weighted by Crippen LogP contribution is 2.54. The van der Waals surface area contributed by atoms with Crippen molar-refractivity contribution in [3.05, 3.63) is 68.8 Å². The normalized spacial score (nSPS) is 29.5. The first-order valence-corrected chi connectivity index (χ1v) is 15.9. The fraction of sp³-hybridized carbons (Fsp3) is 0.586. The van der Waals surface area contributed by atoms with E-state index in [1.165, 1.54) is 57.8 Å². The van der Waals surface area contributed by atoms with Crippen molar-refractivity contribution in [2.75, 3.05) is 0 Å². The Morgan fingerprint density at radius 1 is 0.633 bits per heavy atom. The van der Waals surface area contributed by atoms with Gasteiger partial charge in [0.05, 0.1) is 8.07 Å². The van der Waals surface area contributed by atoms with Gasteiger partial charge < -0.3 is 0 Å². The summed E-state index contributed by atoms with van der Waals surface area (Å²) in [6, 6.07) is 10.4. The Balaban J connectivity index is 1.43. The van der Waals surface area contributed by atoms with Gasteiger partial charge in [-0.2, -0.15) is 0 Å². The molecule has 0 N–H and O–H groups in total. The highest BCUT2D eigenvalue weighted by molar-refractivity contribution is 6.80. The topological polar surface area (TPSA) is 0 Å². The van der Waals surface area contributed by atoms with Gasteiger partial charge in [0, 0.05) is 0 Å². The van der Waals surface area contributed by atoms with Crippen molar-refractivity contribution in [2.45, 2.75) is 95.8 Å². The zero-order chi connectivity index (χ0) is 20.6. The van der Waals surface area contributed by atoms with E-state index in [4.69, 9.17) is 0 Å². The lowest BCUT2D eigenvalue weighted by molar-refractivity contribution is 0.543. The second-order valence-electron chi connectivity index (χ2n) is 11.8. The lowest BCUT2D eigenvalue weighted by Crippen LogP contribution is -2.45. The van der Waals surface area contributed by atoms with Crippen molar-refractivity contribution in [1.82, 2.24) is 0 Å². The second kappa shape index (κ2) is 6.83. The molecule has 2 aromatic carbocycles. The van der Waals surface area contributed by atoms with Crippen molar-refractivity contribution < 1.29 is 0 Å². The molecular weight excluding hydrogens is 376 g/mol. The van der Waals surface area contributed by atoms with Crippen LogP contribution in [0.1, 0.15) is 88.7 Å². The Morgan fingerprint density at radius 2 is 1.30 bits per heavy atom. The van der Waals surface area contributed by atoms with Gasteiger partial charge in [-0.1, -0.05) is 51.2 Å².